The summed E-state index contributed by atoms with van der Waals surface area (Å²) in [6.07, 6.45) is 1.46. The van der Waals surface area contributed by atoms with E-state index < -0.39 is 107 Å². The minimum absolute atomic E-state index is 0.0721. The van der Waals surface area contributed by atoms with Crippen LogP contribution in [0, 0.1) is 53.7 Å². The van der Waals surface area contributed by atoms with Gasteiger partial charge in [-0.2, -0.15) is 69.5 Å². The van der Waals surface area contributed by atoms with Gasteiger partial charge in [-0.3, -0.25) is 0 Å². The van der Waals surface area contributed by atoms with Gasteiger partial charge in [0, 0.05) is 16.7 Å². The minimum atomic E-state index is -6.85. The van der Waals surface area contributed by atoms with E-state index in [1.165, 1.54) is 24.3 Å². The lowest BCUT2D eigenvalue weighted by molar-refractivity contribution is -0.140. The number of phenols is 1. The number of phenolic OH excluding ortho intramolecular Hbond substituents is 1. The molecule has 1 N–H and O–H groups in total. The van der Waals surface area contributed by atoms with E-state index in [9.17, 15) is 101 Å². The highest BCUT2D eigenvalue weighted by atomic mass is 32.3. The molecule has 0 atom stereocenters. The van der Waals surface area contributed by atoms with Crippen molar-refractivity contribution in [2.75, 3.05) is 0 Å². The Hall–Kier alpha value is -4.72. The Balaban J connectivity index is 0.000000251. The van der Waals surface area contributed by atoms with E-state index in [0.717, 1.165) is 96.1 Å². The first-order valence-electron chi connectivity index (χ1n) is 22.3. The third-order valence-electron chi connectivity index (χ3n) is 12.6. The molecular formula is C47H46F18O6S2. The fourth-order valence-corrected chi connectivity index (χ4v) is 10.5. The molecule has 2 aliphatic rings. The summed E-state index contributed by atoms with van der Waals surface area (Å²) in [6.45, 7) is 5.38. The molecule has 0 amide bonds. The predicted octanol–water partition coefficient (Wildman–Crippen LogP) is 16.4. The molecule has 0 spiro atoms. The Bertz CT molecular complexity index is 2600. The van der Waals surface area contributed by atoms with Crippen LogP contribution in [0.5, 0.6) is 5.75 Å². The molecule has 0 aromatic heterocycles. The van der Waals surface area contributed by atoms with Crippen molar-refractivity contribution in [1.29, 1.82) is 0 Å². The van der Waals surface area contributed by atoms with E-state index in [2.05, 4.69) is 13.8 Å². The molecule has 4 aromatic rings. The highest BCUT2D eigenvalue weighted by Crippen LogP contribution is 2.45. The highest BCUT2D eigenvalue weighted by Gasteiger charge is 2.57. The van der Waals surface area contributed by atoms with Gasteiger partial charge in [0.05, 0.1) is 11.1 Å². The van der Waals surface area contributed by atoms with Crippen molar-refractivity contribution in [3.05, 3.63) is 111 Å². The summed E-state index contributed by atoms with van der Waals surface area (Å²) in [5.41, 5.74) is -16.7. The maximum absolute atomic E-state index is 14.8. The molecule has 4 aromatic carbocycles. The van der Waals surface area contributed by atoms with Crippen molar-refractivity contribution in [3.8, 4) is 28.0 Å². The molecule has 2 fully saturated rings. The first-order valence-corrected chi connectivity index (χ1v) is 25.1. The van der Waals surface area contributed by atoms with Gasteiger partial charge in [-0.05, 0) is 122 Å². The number of hydrogen-bond acceptors (Lipinski definition) is 6. The van der Waals surface area contributed by atoms with Gasteiger partial charge < -0.3 is 5.11 Å². The standard InChI is InChI=1S/C23H24F6.C22H22F6O.C2F6O5S2/c1-3-4-14-5-7-15(8-6-14)17-9-10-18(22(26)21(17)25)16-11-12-19(23(27,28)29)20(24)13(16)2;1-2-3-12-4-6-13(7-5-12)14-8-9-15(19(24)18(14)23)16-10-11-17(22(26,27)28)20(25)21(16)29;3-1(4,5)14(9,10)13-15(11,12)2(6,7)8/h9-12,14-15H,3-8H2,1-2H3;8-13,29H,2-7H2,1H3;. The van der Waals surface area contributed by atoms with Crippen LogP contribution in [0.4, 0.5) is 79.0 Å². The van der Waals surface area contributed by atoms with Crippen molar-refractivity contribution in [2.24, 2.45) is 11.8 Å². The number of rotatable bonds is 10. The molecule has 0 unspecified atom stereocenters. The van der Waals surface area contributed by atoms with Crippen LogP contribution in [-0.2, 0) is 36.2 Å². The fourth-order valence-electron chi connectivity index (χ4n) is 8.91. The molecule has 6 rings (SSSR count). The zero-order chi connectivity index (χ0) is 55.4. The fraction of sp³-hybridized carbons (Fsp3) is 0.489. The Labute approximate surface area is 408 Å². The van der Waals surface area contributed by atoms with E-state index in [-0.39, 0.29) is 34.1 Å². The Kier molecular flexibility index (Phi) is 19.5. The maximum atomic E-state index is 14.8. The molecule has 0 heterocycles. The van der Waals surface area contributed by atoms with E-state index in [4.69, 9.17) is 0 Å². The highest BCUT2D eigenvalue weighted by molar-refractivity contribution is 8.00. The molecule has 408 valence electrons. The summed E-state index contributed by atoms with van der Waals surface area (Å²) < 4.78 is 274. The van der Waals surface area contributed by atoms with Crippen molar-refractivity contribution in [1.82, 2.24) is 0 Å². The molecule has 2 aliphatic carbocycles. The van der Waals surface area contributed by atoms with Crippen LogP contribution in [0.2, 0.25) is 0 Å². The summed E-state index contributed by atoms with van der Waals surface area (Å²) in [4.78, 5) is 0. The van der Waals surface area contributed by atoms with E-state index in [1.54, 1.807) is 0 Å². The molecule has 2 saturated carbocycles. The van der Waals surface area contributed by atoms with Gasteiger partial charge in [-0.25, -0.2) is 26.3 Å². The minimum Gasteiger partial charge on any atom is -0.504 e. The Morgan fingerprint density at radius 1 is 0.466 bits per heavy atom. The summed E-state index contributed by atoms with van der Waals surface area (Å²) in [6, 6.07) is 8.13. The van der Waals surface area contributed by atoms with Crippen LogP contribution in [-0.4, -0.2) is 33.0 Å². The van der Waals surface area contributed by atoms with Crippen molar-refractivity contribution < 1.29 is 105 Å². The number of aromatic hydroxyl groups is 1. The lowest BCUT2D eigenvalue weighted by Gasteiger charge is -2.29. The summed E-state index contributed by atoms with van der Waals surface area (Å²) in [5.74, 6) is -8.24. The zero-order valence-electron chi connectivity index (χ0n) is 38.5. The molecule has 26 heteroatoms. The molecule has 0 radical (unpaired) electrons. The van der Waals surface area contributed by atoms with Crippen LogP contribution < -0.4 is 0 Å². The largest absolute Gasteiger partial charge is 0.524 e. The van der Waals surface area contributed by atoms with Gasteiger partial charge in [0.2, 0.25) is 0 Å². The summed E-state index contributed by atoms with van der Waals surface area (Å²) in [5, 5.41) is 9.84. The second kappa shape index (κ2) is 23.4. The number of hydrogen-bond donors (Lipinski definition) is 1. The monoisotopic (exact) mass is 1110 g/mol. The normalized spacial score (nSPS) is 19.1. The molecule has 73 heavy (non-hydrogen) atoms. The molecule has 6 nitrogen and oxygen atoms in total. The van der Waals surface area contributed by atoms with Crippen molar-refractivity contribution in [3.63, 3.8) is 0 Å². The molecule has 0 bridgehead atoms. The average molecular weight is 1110 g/mol. The second-order valence-corrected chi connectivity index (χ2v) is 20.7. The van der Waals surface area contributed by atoms with E-state index >= 15 is 0 Å². The number of alkyl halides is 12. The third-order valence-corrected chi connectivity index (χ3v) is 15.2. The van der Waals surface area contributed by atoms with Gasteiger partial charge in [-0.15, -0.1) is 3.63 Å². The van der Waals surface area contributed by atoms with Gasteiger partial charge in [0.15, 0.2) is 34.8 Å². The topological polar surface area (TPSA) is 97.7 Å². The summed E-state index contributed by atoms with van der Waals surface area (Å²) in [7, 11) is -13.7. The van der Waals surface area contributed by atoms with Gasteiger partial charge >= 0.3 is 43.6 Å². The Morgan fingerprint density at radius 3 is 1.14 bits per heavy atom. The third kappa shape index (κ3) is 14.4. The maximum Gasteiger partial charge on any atom is 0.524 e. The zero-order valence-corrected chi connectivity index (χ0v) is 40.2. The van der Waals surface area contributed by atoms with Crippen LogP contribution in [0.1, 0.15) is 131 Å². The van der Waals surface area contributed by atoms with Gasteiger partial charge in [-0.1, -0.05) is 69.9 Å². The molecular weight excluding hydrogens is 1070 g/mol. The predicted molar refractivity (Wildman–Crippen MR) is 230 cm³/mol. The van der Waals surface area contributed by atoms with Crippen LogP contribution in [0.3, 0.4) is 0 Å². The first-order chi connectivity index (χ1) is 33.5. The van der Waals surface area contributed by atoms with Gasteiger partial charge in [0.25, 0.3) is 0 Å². The van der Waals surface area contributed by atoms with E-state index in [1.807, 2.05) is 3.63 Å². The Morgan fingerprint density at radius 2 is 0.795 bits per heavy atom. The van der Waals surface area contributed by atoms with Gasteiger partial charge in [0.1, 0.15) is 5.82 Å². The SMILES string of the molecule is CCCC1CCC(c2ccc(-c3ccc(C(F)(F)F)c(F)c3C)c(F)c2F)CC1.CCCC1CCC(c2ccc(-c3ccc(C(F)(F)F)c(F)c3O)c(F)c2F)CC1.O=S(=O)(OS(=O)(=O)C(F)(F)F)C(F)(F)F. The van der Waals surface area contributed by atoms with Crippen LogP contribution in [0.15, 0.2) is 48.5 Å². The lowest BCUT2D eigenvalue weighted by Crippen LogP contribution is -2.34. The first kappa shape index (κ1) is 60.8. The lowest BCUT2D eigenvalue weighted by atomic mass is 9.77. The number of halogens is 18. The second-order valence-electron chi connectivity index (χ2n) is 17.5. The van der Waals surface area contributed by atoms with Crippen LogP contribution in [0.25, 0.3) is 22.3 Å². The average Bonchev–Trinajstić information content (AvgIpc) is 3.27. The number of benzene rings is 4. The quantitative estimate of drug-likeness (QED) is 0.125. The molecule has 0 saturated heterocycles. The smallest absolute Gasteiger partial charge is 0.504 e. The summed E-state index contributed by atoms with van der Waals surface area (Å²) >= 11 is 0. The van der Waals surface area contributed by atoms with Crippen molar-refractivity contribution >= 4 is 20.2 Å². The van der Waals surface area contributed by atoms with E-state index in [0.29, 0.717) is 29.5 Å². The molecule has 0 aliphatic heterocycles. The van der Waals surface area contributed by atoms with Crippen LogP contribution >= 0.6 is 0 Å². The van der Waals surface area contributed by atoms with Crippen molar-refractivity contribution in [2.45, 2.75) is 133 Å².